The van der Waals surface area contributed by atoms with Crippen molar-refractivity contribution in [2.45, 2.75) is 32.1 Å². The second-order valence-electron chi connectivity index (χ2n) is 16.3. The maximum absolute atomic E-state index is 5.02. The van der Waals surface area contributed by atoms with Crippen molar-refractivity contribution in [3.05, 3.63) is 179 Å². The first-order valence-corrected chi connectivity index (χ1v) is 21.2. The van der Waals surface area contributed by atoms with Crippen LogP contribution in [0.3, 0.4) is 0 Å². The van der Waals surface area contributed by atoms with Gasteiger partial charge in [0, 0.05) is 58.7 Å². The van der Waals surface area contributed by atoms with Crippen molar-refractivity contribution in [1.29, 1.82) is 0 Å². The third-order valence-electron chi connectivity index (χ3n) is 12.5. The minimum atomic E-state index is -0.0995. The first-order valence-electron chi connectivity index (χ1n) is 20.4. The van der Waals surface area contributed by atoms with Crippen LogP contribution in [0.5, 0.6) is 0 Å². The zero-order valence-corrected chi connectivity index (χ0v) is 33.6. The summed E-state index contributed by atoms with van der Waals surface area (Å²) in [6.45, 7) is 4.74. The van der Waals surface area contributed by atoms with E-state index in [0.717, 1.165) is 35.1 Å². The molecule has 0 N–H and O–H groups in total. The van der Waals surface area contributed by atoms with Gasteiger partial charge in [-0.3, -0.25) is 0 Å². The van der Waals surface area contributed by atoms with Crippen molar-refractivity contribution in [3.8, 4) is 62.1 Å². The number of hydrogen-bond acceptors (Lipinski definition) is 4. The molecular formula is C54H38N4S. The Hall–Kier alpha value is -6.95. The molecule has 10 aromatic rings. The fourth-order valence-corrected chi connectivity index (χ4v) is 10.8. The Kier molecular flexibility index (Phi) is 7.54. The van der Waals surface area contributed by atoms with Crippen LogP contribution in [0.4, 0.5) is 0 Å². The van der Waals surface area contributed by atoms with E-state index in [2.05, 4.69) is 152 Å². The smallest absolute Gasteiger partial charge is 0.164 e. The lowest BCUT2D eigenvalue weighted by atomic mass is 9.82. The second kappa shape index (κ2) is 13.0. The third kappa shape index (κ3) is 5.31. The van der Waals surface area contributed by atoms with Gasteiger partial charge in [0.25, 0.3) is 0 Å². The summed E-state index contributed by atoms with van der Waals surface area (Å²) >= 11 is 1.91. The summed E-state index contributed by atoms with van der Waals surface area (Å²) in [5, 5.41) is 5.23. The van der Waals surface area contributed by atoms with Gasteiger partial charge in [0.15, 0.2) is 17.5 Å². The van der Waals surface area contributed by atoms with Crippen LogP contribution in [0.2, 0.25) is 0 Å². The third-order valence-corrected chi connectivity index (χ3v) is 13.7. The molecule has 0 saturated heterocycles. The summed E-state index contributed by atoms with van der Waals surface area (Å²) in [4.78, 5) is 15.0. The summed E-state index contributed by atoms with van der Waals surface area (Å²) in [5.74, 6) is 1.98. The van der Waals surface area contributed by atoms with Gasteiger partial charge in [0.2, 0.25) is 0 Å². The molecule has 0 atom stereocenters. The number of aromatic nitrogens is 4. The molecule has 59 heavy (non-hydrogen) atoms. The molecule has 3 aromatic heterocycles. The number of hydrogen-bond donors (Lipinski definition) is 0. The van der Waals surface area contributed by atoms with E-state index in [4.69, 9.17) is 15.0 Å². The summed E-state index contributed by atoms with van der Waals surface area (Å²) in [5.41, 5.74) is 14.3. The van der Waals surface area contributed by atoms with Crippen molar-refractivity contribution in [2.75, 3.05) is 0 Å². The van der Waals surface area contributed by atoms with Crippen molar-refractivity contribution in [2.24, 2.45) is 0 Å². The zero-order valence-electron chi connectivity index (χ0n) is 32.8. The van der Waals surface area contributed by atoms with Gasteiger partial charge in [0.1, 0.15) is 0 Å². The number of para-hydroxylation sites is 1. The normalized spacial score (nSPS) is 13.9. The highest BCUT2D eigenvalue weighted by Gasteiger charge is 2.36. The predicted octanol–water partition coefficient (Wildman–Crippen LogP) is 12.5. The van der Waals surface area contributed by atoms with Crippen LogP contribution in [0.25, 0.3) is 106 Å². The molecular weight excluding hydrogens is 737 g/mol. The van der Waals surface area contributed by atoms with E-state index in [1.165, 1.54) is 75.1 Å². The van der Waals surface area contributed by atoms with E-state index in [1.807, 2.05) is 47.7 Å². The highest BCUT2D eigenvalue weighted by molar-refractivity contribution is 7.17. The van der Waals surface area contributed by atoms with Gasteiger partial charge in [-0.05, 0) is 76.2 Å². The number of nitrogens with zero attached hydrogens (tertiary/aromatic N) is 4. The molecule has 2 aliphatic carbocycles. The highest BCUT2D eigenvalue weighted by atomic mass is 32.1. The summed E-state index contributed by atoms with van der Waals surface area (Å²) < 4.78 is 5.20. The van der Waals surface area contributed by atoms with Crippen LogP contribution in [0, 0.1) is 0 Å². The second-order valence-corrected chi connectivity index (χ2v) is 17.3. The fourth-order valence-electron chi connectivity index (χ4n) is 9.55. The Morgan fingerprint density at radius 2 is 1.08 bits per heavy atom. The SMILES string of the molecule is CC1(C)c2ccccc2-c2cc3c4ccccc4n(-c4cc(-c5ccc(-c6nc(-c7ccccc7)nc(-c7ccccc7)n6)cc5)c5sc6c(c5c4)=CCCC=6)c3cc21. The van der Waals surface area contributed by atoms with Gasteiger partial charge in [-0.15, -0.1) is 11.3 Å². The molecule has 2 aliphatic rings. The van der Waals surface area contributed by atoms with Crippen LogP contribution in [-0.4, -0.2) is 19.5 Å². The summed E-state index contributed by atoms with van der Waals surface area (Å²) in [6.07, 6.45) is 7.01. The molecule has 0 unspecified atom stereocenters. The Balaban J connectivity index is 1.06. The van der Waals surface area contributed by atoms with E-state index in [0.29, 0.717) is 17.5 Å². The van der Waals surface area contributed by atoms with Crippen LogP contribution in [0.1, 0.15) is 37.8 Å². The molecule has 5 heteroatoms. The van der Waals surface area contributed by atoms with Gasteiger partial charge in [-0.2, -0.15) is 0 Å². The lowest BCUT2D eigenvalue weighted by molar-refractivity contribution is 0.661. The molecule has 280 valence electrons. The van der Waals surface area contributed by atoms with Gasteiger partial charge in [-0.25, -0.2) is 15.0 Å². The standard InChI is InChI=1S/C54H38N4S/c1-54(2)45-22-12-9-19-38(45)42-31-43-39-20-10-13-23-47(39)58(48(43)32-46(42)54)37-29-41(50-44(30-37)40-21-11-14-24-49(40)59-50)33-25-27-36(28-26-33)53-56-51(34-15-5-3-6-16-34)55-52(57-53)35-17-7-4-8-18-35/h3-10,12-13,15-32H,11,14H2,1-2H3. The van der Waals surface area contributed by atoms with Crippen molar-refractivity contribution in [3.63, 3.8) is 0 Å². The molecule has 0 radical (unpaired) electrons. The van der Waals surface area contributed by atoms with Crippen LogP contribution in [0.15, 0.2) is 158 Å². The lowest BCUT2D eigenvalue weighted by Gasteiger charge is -2.21. The quantitative estimate of drug-likeness (QED) is 0.175. The Morgan fingerprint density at radius 3 is 1.81 bits per heavy atom. The van der Waals surface area contributed by atoms with E-state index in [-0.39, 0.29) is 5.41 Å². The van der Waals surface area contributed by atoms with Crippen LogP contribution >= 0.6 is 11.3 Å². The fraction of sp³-hybridized carbons (Fsp3) is 0.0926. The average Bonchev–Trinajstić information content (AvgIpc) is 3.91. The molecule has 3 heterocycles. The van der Waals surface area contributed by atoms with Gasteiger partial charge in [0.05, 0.1) is 11.0 Å². The van der Waals surface area contributed by atoms with Gasteiger partial charge in [-0.1, -0.05) is 153 Å². The van der Waals surface area contributed by atoms with Crippen molar-refractivity contribution < 1.29 is 0 Å². The van der Waals surface area contributed by atoms with E-state index in [1.54, 1.807) is 0 Å². The van der Waals surface area contributed by atoms with Crippen LogP contribution in [-0.2, 0) is 5.41 Å². The zero-order chi connectivity index (χ0) is 39.2. The number of thiophene rings is 1. The maximum atomic E-state index is 5.02. The van der Waals surface area contributed by atoms with Crippen molar-refractivity contribution >= 4 is 55.4 Å². The lowest BCUT2D eigenvalue weighted by Crippen LogP contribution is -2.20. The Bertz CT molecular complexity index is 3390. The molecule has 0 bridgehead atoms. The molecule has 0 aliphatic heterocycles. The number of rotatable bonds is 5. The minimum Gasteiger partial charge on any atom is -0.309 e. The maximum Gasteiger partial charge on any atom is 0.164 e. The molecule has 0 amide bonds. The minimum absolute atomic E-state index is 0.0995. The molecule has 0 fully saturated rings. The highest BCUT2D eigenvalue weighted by Crippen LogP contribution is 2.51. The average molecular weight is 775 g/mol. The van der Waals surface area contributed by atoms with E-state index < -0.39 is 0 Å². The first-order chi connectivity index (χ1) is 29.0. The number of benzene rings is 7. The summed E-state index contributed by atoms with van der Waals surface area (Å²) in [7, 11) is 0. The van der Waals surface area contributed by atoms with Gasteiger partial charge < -0.3 is 4.57 Å². The predicted molar refractivity (Wildman–Crippen MR) is 246 cm³/mol. The number of fused-ring (bicyclic) bond motifs is 9. The van der Waals surface area contributed by atoms with Crippen LogP contribution < -0.4 is 9.75 Å². The molecule has 7 aromatic carbocycles. The van der Waals surface area contributed by atoms with Gasteiger partial charge >= 0.3 is 0 Å². The molecule has 4 nitrogen and oxygen atoms in total. The van der Waals surface area contributed by atoms with E-state index >= 15 is 0 Å². The molecule has 0 saturated carbocycles. The van der Waals surface area contributed by atoms with E-state index in [9.17, 15) is 0 Å². The largest absolute Gasteiger partial charge is 0.309 e. The first kappa shape index (κ1) is 34.1. The monoisotopic (exact) mass is 774 g/mol. The Labute approximate surface area is 346 Å². The Morgan fingerprint density at radius 1 is 0.475 bits per heavy atom. The molecule has 0 spiro atoms. The molecule has 12 rings (SSSR count). The van der Waals surface area contributed by atoms with Crippen molar-refractivity contribution in [1.82, 2.24) is 19.5 Å². The topological polar surface area (TPSA) is 43.6 Å². The summed E-state index contributed by atoms with van der Waals surface area (Å²) in [6, 6.07) is 56.8.